The summed E-state index contributed by atoms with van der Waals surface area (Å²) in [5, 5.41) is 6.13. The third kappa shape index (κ3) is 4.69. The highest BCUT2D eigenvalue weighted by molar-refractivity contribution is 6.32. The summed E-state index contributed by atoms with van der Waals surface area (Å²) in [5.41, 5.74) is 0.561. The van der Waals surface area contributed by atoms with Gasteiger partial charge in [0.2, 0.25) is 5.95 Å². The number of hydrogen-bond donors (Lipinski definition) is 2. The molecule has 30 heavy (non-hydrogen) atoms. The molecule has 0 aliphatic carbocycles. The van der Waals surface area contributed by atoms with Crippen molar-refractivity contribution in [2.24, 2.45) is 0 Å². The zero-order valence-corrected chi connectivity index (χ0v) is 17.1. The molecule has 2 aromatic rings. The largest absolute Gasteiger partial charge is 0.495 e. The van der Waals surface area contributed by atoms with Gasteiger partial charge in [0.1, 0.15) is 22.6 Å². The summed E-state index contributed by atoms with van der Waals surface area (Å²) < 4.78 is 45.4. The Morgan fingerprint density at radius 1 is 1.33 bits per heavy atom. The van der Waals surface area contributed by atoms with E-state index in [2.05, 4.69) is 20.6 Å². The van der Waals surface area contributed by atoms with Gasteiger partial charge in [-0.3, -0.25) is 4.79 Å². The lowest BCUT2D eigenvalue weighted by Gasteiger charge is -2.36. The Hall–Kier alpha value is -2.75. The van der Waals surface area contributed by atoms with Crippen LogP contribution < -0.4 is 15.4 Å². The van der Waals surface area contributed by atoms with Crippen LogP contribution in [-0.2, 0) is 0 Å². The number of halogens is 4. The number of benzene rings is 1. The molecule has 1 aromatic heterocycles. The summed E-state index contributed by atoms with van der Waals surface area (Å²) >= 11 is 5.97. The van der Waals surface area contributed by atoms with Gasteiger partial charge < -0.3 is 20.3 Å². The topological polar surface area (TPSA) is 79.4 Å². The van der Waals surface area contributed by atoms with E-state index in [4.69, 9.17) is 16.3 Å². The number of aromatic nitrogens is 2. The van der Waals surface area contributed by atoms with Gasteiger partial charge in [0.05, 0.1) is 19.0 Å². The molecule has 2 heterocycles. The molecule has 1 atom stereocenters. The highest BCUT2D eigenvalue weighted by Gasteiger charge is 2.46. The number of nitrogens with zero attached hydrogens (tertiary/aromatic N) is 3. The number of carbonyl (C=O) groups is 1. The first kappa shape index (κ1) is 21.9. The van der Waals surface area contributed by atoms with E-state index in [0.29, 0.717) is 29.4 Å². The molecule has 1 unspecified atom stereocenters. The van der Waals surface area contributed by atoms with Gasteiger partial charge in [-0.15, -0.1) is 0 Å². The maximum Gasteiger partial charge on any atom is 0.408 e. The number of methoxy groups -OCH3 is 1. The van der Waals surface area contributed by atoms with Gasteiger partial charge in [0.25, 0.3) is 5.91 Å². The van der Waals surface area contributed by atoms with Crippen molar-refractivity contribution < 1.29 is 22.7 Å². The highest BCUT2D eigenvalue weighted by atomic mass is 35.5. The van der Waals surface area contributed by atoms with Crippen molar-refractivity contribution in [2.45, 2.75) is 31.5 Å². The molecule has 1 aliphatic heterocycles. The summed E-state index contributed by atoms with van der Waals surface area (Å²) in [5.74, 6) is 0.241. The molecule has 0 bridgehead atoms. The van der Waals surface area contributed by atoms with Gasteiger partial charge in [-0.05, 0) is 37.5 Å². The molecule has 2 N–H and O–H groups in total. The third-order valence-corrected chi connectivity index (χ3v) is 5.09. The predicted molar refractivity (Wildman–Crippen MR) is 108 cm³/mol. The van der Waals surface area contributed by atoms with E-state index in [1.54, 1.807) is 7.05 Å². The Labute approximate surface area is 176 Å². The number of anilines is 3. The quantitative estimate of drug-likeness (QED) is 0.709. The Morgan fingerprint density at radius 3 is 2.77 bits per heavy atom. The summed E-state index contributed by atoms with van der Waals surface area (Å²) in [4.78, 5) is 22.0. The zero-order chi connectivity index (χ0) is 21.9. The Balaban J connectivity index is 1.85. The molecule has 1 aromatic carbocycles. The van der Waals surface area contributed by atoms with Crippen molar-refractivity contribution in [3.05, 3.63) is 35.0 Å². The SMILES string of the molecule is CNc1nc(Nc2ccc(C(=O)N3CCCCC3C(F)(F)F)cc2OC)ncc1Cl. The van der Waals surface area contributed by atoms with E-state index in [1.165, 1.54) is 31.5 Å². The minimum absolute atomic E-state index is 0.0662. The monoisotopic (exact) mass is 443 g/mol. The Kier molecular flexibility index (Phi) is 6.55. The predicted octanol–water partition coefficient (Wildman–Crippen LogP) is 4.48. The lowest BCUT2D eigenvalue weighted by molar-refractivity contribution is -0.183. The number of nitrogens with one attached hydrogen (secondary N) is 2. The molecule has 162 valence electrons. The number of carbonyl (C=O) groups excluding carboxylic acids is 1. The van der Waals surface area contributed by atoms with Crippen LogP contribution in [0.2, 0.25) is 5.02 Å². The molecule has 1 saturated heterocycles. The van der Waals surface area contributed by atoms with Crippen LogP contribution in [0.25, 0.3) is 0 Å². The number of ether oxygens (including phenoxy) is 1. The van der Waals surface area contributed by atoms with E-state index < -0.39 is 18.1 Å². The fraction of sp³-hybridized carbons (Fsp3) is 0.421. The molecule has 0 radical (unpaired) electrons. The van der Waals surface area contributed by atoms with Crippen molar-refractivity contribution in [3.8, 4) is 5.75 Å². The summed E-state index contributed by atoms with van der Waals surface area (Å²) in [6.07, 6.45) is -2.15. The molecular formula is C19H21ClF3N5O2. The van der Waals surface area contributed by atoms with Crippen molar-refractivity contribution >= 4 is 35.0 Å². The minimum Gasteiger partial charge on any atom is -0.495 e. The van der Waals surface area contributed by atoms with Gasteiger partial charge in [-0.1, -0.05) is 11.6 Å². The van der Waals surface area contributed by atoms with Crippen molar-refractivity contribution in [3.63, 3.8) is 0 Å². The van der Waals surface area contributed by atoms with Gasteiger partial charge in [0, 0.05) is 19.2 Å². The van der Waals surface area contributed by atoms with E-state index in [9.17, 15) is 18.0 Å². The van der Waals surface area contributed by atoms with E-state index in [-0.39, 0.29) is 30.2 Å². The van der Waals surface area contributed by atoms with Gasteiger partial charge >= 0.3 is 6.18 Å². The second kappa shape index (κ2) is 8.95. The van der Waals surface area contributed by atoms with Gasteiger partial charge in [-0.2, -0.15) is 18.2 Å². The van der Waals surface area contributed by atoms with E-state index in [0.717, 1.165) is 4.90 Å². The lowest BCUT2D eigenvalue weighted by Crippen LogP contribution is -2.51. The average Bonchev–Trinajstić information content (AvgIpc) is 2.74. The Morgan fingerprint density at radius 2 is 2.10 bits per heavy atom. The number of likely N-dealkylation sites (tertiary alicyclic amines) is 1. The first-order chi connectivity index (χ1) is 14.2. The molecule has 1 amide bonds. The molecule has 0 spiro atoms. The van der Waals surface area contributed by atoms with Crippen molar-refractivity contribution in [1.29, 1.82) is 0 Å². The van der Waals surface area contributed by atoms with Crippen LogP contribution in [0.5, 0.6) is 5.75 Å². The first-order valence-corrected chi connectivity index (χ1v) is 9.65. The normalized spacial score (nSPS) is 16.9. The van der Waals surface area contributed by atoms with E-state index in [1.807, 2.05) is 0 Å². The van der Waals surface area contributed by atoms with Crippen LogP contribution in [-0.4, -0.2) is 53.7 Å². The summed E-state index contributed by atoms with van der Waals surface area (Å²) in [6.45, 7) is 0.0662. The lowest BCUT2D eigenvalue weighted by atomic mass is 10.00. The molecule has 3 rings (SSSR count). The van der Waals surface area contributed by atoms with Crippen molar-refractivity contribution in [2.75, 3.05) is 31.3 Å². The van der Waals surface area contributed by atoms with Crippen LogP contribution >= 0.6 is 11.6 Å². The molecule has 11 heteroatoms. The number of piperidine rings is 1. The molecule has 1 fully saturated rings. The third-order valence-electron chi connectivity index (χ3n) is 4.82. The molecule has 0 saturated carbocycles. The Bertz CT molecular complexity index is 926. The zero-order valence-electron chi connectivity index (χ0n) is 16.4. The highest BCUT2D eigenvalue weighted by Crippen LogP contribution is 2.34. The smallest absolute Gasteiger partial charge is 0.408 e. The maximum atomic E-state index is 13.4. The van der Waals surface area contributed by atoms with Crippen LogP contribution in [0.3, 0.4) is 0 Å². The van der Waals surface area contributed by atoms with Gasteiger partial charge in [-0.25, -0.2) is 4.98 Å². The maximum absolute atomic E-state index is 13.4. The molecule has 7 nitrogen and oxygen atoms in total. The number of alkyl halides is 3. The second-order valence-corrected chi connectivity index (χ2v) is 7.14. The second-order valence-electron chi connectivity index (χ2n) is 6.73. The van der Waals surface area contributed by atoms with Crippen LogP contribution in [0.1, 0.15) is 29.6 Å². The van der Waals surface area contributed by atoms with Crippen LogP contribution in [0.4, 0.5) is 30.6 Å². The number of hydrogen-bond acceptors (Lipinski definition) is 6. The van der Waals surface area contributed by atoms with Crippen molar-refractivity contribution in [1.82, 2.24) is 14.9 Å². The fourth-order valence-electron chi connectivity index (χ4n) is 3.33. The summed E-state index contributed by atoms with van der Waals surface area (Å²) in [6, 6.07) is 2.62. The van der Waals surface area contributed by atoms with Crippen LogP contribution in [0, 0.1) is 0 Å². The average molecular weight is 444 g/mol. The summed E-state index contributed by atoms with van der Waals surface area (Å²) in [7, 11) is 3.06. The number of rotatable bonds is 5. The fourth-order valence-corrected chi connectivity index (χ4v) is 3.52. The molecular weight excluding hydrogens is 423 g/mol. The standard InChI is InChI=1S/C19H21ClF3N5O2/c1-24-16-12(20)10-25-18(27-16)26-13-7-6-11(9-14(13)30-2)17(29)28-8-4-3-5-15(28)19(21,22)23/h6-7,9-10,15H,3-5,8H2,1-2H3,(H2,24,25,26,27). The number of amides is 1. The first-order valence-electron chi connectivity index (χ1n) is 9.27. The molecule has 1 aliphatic rings. The minimum atomic E-state index is -4.46. The van der Waals surface area contributed by atoms with E-state index >= 15 is 0 Å². The van der Waals surface area contributed by atoms with Crippen LogP contribution in [0.15, 0.2) is 24.4 Å². The van der Waals surface area contributed by atoms with Gasteiger partial charge in [0.15, 0.2) is 0 Å².